The molecule has 0 bridgehead atoms. The molecule has 1 aliphatic rings. The van der Waals surface area contributed by atoms with Crippen molar-refractivity contribution in [3.05, 3.63) is 22.8 Å². The van der Waals surface area contributed by atoms with Gasteiger partial charge in [0.15, 0.2) is 5.69 Å². The fourth-order valence-electron chi connectivity index (χ4n) is 2.60. The summed E-state index contributed by atoms with van der Waals surface area (Å²) in [7, 11) is 0. The van der Waals surface area contributed by atoms with Gasteiger partial charge < -0.3 is 10.4 Å². The SMILES string of the molecule is O=C(O)c1nc(NCCCC2CCCC2)ccc1Cl. The molecule has 2 N–H and O–H groups in total. The van der Waals surface area contributed by atoms with Crippen LogP contribution in [-0.4, -0.2) is 22.6 Å². The van der Waals surface area contributed by atoms with Crippen molar-refractivity contribution in [2.24, 2.45) is 5.92 Å². The van der Waals surface area contributed by atoms with E-state index in [0.29, 0.717) is 5.82 Å². The van der Waals surface area contributed by atoms with E-state index in [1.54, 1.807) is 12.1 Å². The number of halogens is 1. The van der Waals surface area contributed by atoms with Crippen molar-refractivity contribution in [3.63, 3.8) is 0 Å². The highest BCUT2D eigenvalue weighted by molar-refractivity contribution is 6.33. The van der Waals surface area contributed by atoms with Crippen LogP contribution in [0.5, 0.6) is 0 Å². The molecule has 19 heavy (non-hydrogen) atoms. The zero-order valence-corrected chi connectivity index (χ0v) is 11.6. The van der Waals surface area contributed by atoms with Crippen LogP contribution in [0.25, 0.3) is 0 Å². The number of carbonyl (C=O) groups is 1. The summed E-state index contributed by atoms with van der Waals surface area (Å²) < 4.78 is 0. The minimum Gasteiger partial charge on any atom is -0.476 e. The summed E-state index contributed by atoms with van der Waals surface area (Å²) in [6.07, 6.45) is 7.81. The van der Waals surface area contributed by atoms with E-state index in [-0.39, 0.29) is 10.7 Å². The molecule has 0 aromatic carbocycles. The molecular formula is C14H19ClN2O2. The molecule has 0 saturated heterocycles. The zero-order valence-electron chi connectivity index (χ0n) is 10.9. The Hall–Kier alpha value is -1.29. The smallest absolute Gasteiger partial charge is 0.356 e. The molecule has 0 aliphatic heterocycles. The van der Waals surface area contributed by atoms with Gasteiger partial charge in [-0.15, -0.1) is 0 Å². The second kappa shape index (κ2) is 6.75. The summed E-state index contributed by atoms with van der Waals surface area (Å²) >= 11 is 5.77. The van der Waals surface area contributed by atoms with Gasteiger partial charge in [-0.05, 0) is 30.9 Å². The molecule has 0 radical (unpaired) electrons. The Morgan fingerprint density at radius 3 is 2.84 bits per heavy atom. The van der Waals surface area contributed by atoms with Crippen molar-refractivity contribution in [2.75, 3.05) is 11.9 Å². The summed E-state index contributed by atoms with van der Waals surface area (Å²) in [4.78, 5) is 14.9. The van der Waals surface area contributed by atoms with Gasteiger partial charge in [-0.1, -0.05) is 37.3 Å². The minimum atomic E-state index is -1.10. The maximum atomic E-state index is 10.9. The van der Waals surface area contributed by atoms with Crippen LogP contribution in [0.2, 0.25) is 5.02 Å². The third-order valence-electron chi connectivity index (χ3n) is 3.62. The highest BCUT2D eigenvalue weighted by Crippen LogP contribution is 2.28. The van der Waals surface area contributed by atoms with Crippen molar-refractivity contribution < 1.29 is 9.90 Å². The summed E-state index contributed by atoms with van der Waals surface area (Å²) in [6, 6.07) is 3.28. The number of hydrogen-bond donors (Lipinski definition) is 2. The Morgan fingerprint density at radius 1 is 1.42 bits per heavy atom. The molecule has 0 atom stereocenters. The van der Waals surface area contributed by atoms with Crippen molar-refractivity contribution in [3.8, 4) is 0 Å². The normalized spacial score (nSPS) is 15.6. The van der Waals surface area contributed by atoms with Gasteiger partial charge in [-0.25, -0.2) is 9.78 Å². The largest absolute Gasteiger partial charge is 0.476 e. The molecule has 5 heteroatoms. The summed E-state index contributed by atoms with van der Waals surface area (Å²) in [5, 5.41) is 12.3. The first kappa shape index (κ1) is 14.1. The van der Waals surface area contributed by atoms with Crippen LogP contribution in [0, 0.1) is 5.92 Å². The first-order chi connectivity index (χ1) is 9.16. The average Bonchev–Trinajstić information content (AvgIpc) is 2.89. The van der Waals surface area contributed by atoms with Crippen LogP contribution in [0.3, 0.4) is 0 Å². The van der Waals surface area contributed by atoms with Gasteiger partial charge in [-0.2, -0.15) is 0 Å². The van der Waals surface area contributed by atoms with Crippen molar-refractivity contribution in [1.29, 1.82) is 0 Å². The second-order valence-electron chi connectivity index (χ2n) is 5.05. The molecule has 4 nitrogen and oxygen atoms in total. The monoisotopic (exact) mass is 282 g/mol. The summed E-state index contributed by atoms with van der Waals surface area (Å²) in [6.45, 7) is 0.824. The van der Waals surface area contributed by atoms with E-state index >= 15 is 0 Å². The highest BCUT2D eigenvalue weighted by atomic mass is 35.5. The molecule has 1 heterocycles. The Morgan fingerprint density at radius 2 is 2.16 bits per heavy atom. The lowest BCUT2D eigenvalue weighted by Gasteiger charge is -2.10. The molecule has 1 fully saturated rings. The third kappa shape index (κ3) is 4.10. The number of carboxylic acids is 1. The summed E-state index contributed by atoms with van der Waals surface area (Å²) in [5.74, 6) is 0.363. The minimum absolute atomic E-state index is 0.0949. The van der Waals surface area contributed by atoms with Gasteiger partial charge in [0.1, 0.15) is 5.82 Å². The Kier molecular flexibility index (Phi) is 5.02. The van der Waals surface area contributed by atoms with Crippen molar-refractivity contribution >= 4 is 23.4 Å². The number of nitrogens with zero attached hydrogens (tertiary/aromatic N) is 1. The van der Waals surface area contributed by atoms with Gasteiger partial charge in [0, 0.05) is 6.54 Å². The summed E-state index contributed by atoms with van der Waals surface area (Å²) in [5.41, 5.74) is -0.0949. The topological polar surface area (TPSA) is 62.2 Å². The van der Waals surface area contributed by atoms with Crippen LogP contribution < -0.4 is 5.32 Å². The van der Waals surface area contributed by atoms with Crippen LogP contribution in [0.1, 0.15) is 49.0 Å². The Labute approximate surface area is 118 Å². The maximum Gasteiger partial charge on any atom is 0.356 e. The first-order valence-electron chi connectivity index (χ1n) is 6.80. The zero-order chi connectivity index (χ0) is 13.7. The molecule has 0 amide bonds. The number of rotatable bonds is 6. The standard InChI is InChI=1S/C14H19ClN2O2/c15-11-7-8-12(17-13(11)14(18)19)16-9-3-6-10-4-1-2-5-10/h7-8,10H,1-6,9H2,(H,16,17)(H,18,19). The van der Waals surface area contributed by atoms with Gasteiger partial charge in [0.25, 0.3) is 0 Å². The number of aromatic nitrogens is 1. The van der Waals surface area contributed by atoms with Crippen LogP contribution in [0.15, 0.2) is 12.1 Å². The van der Waals surface area contributed by atoms with Gasteiger partial charge in [0.2, 0.25) is 0 Å². The molecule has 1 aliphatic carbocycles. The number of anilines is 1. The van der Waals surface area contributed by atoms with Gasteiger partial charge >= 0.3 is 5.97 Å². The Bertz CT molecular complexity index is 445. The highest BCUT2D eigenvalue weighted by Gasteiger charge is 2.14. The van der Waals surface area contributed by atoms with E-state index in [9.17, 15) is 4.79 Å². The third-order valence-corrected chi connectivity index (χ3v) is 3.92. The van der Waals surface area contributed by atoms with E-state index in [4.69, 9.17) is 16.7 Å². The van der Waals surface area contributed by atoms with Gasteiger partial charge in [0.05, 0.1) is 5.02 Å². The van der Waals surface area contributed by atoms with E-state index in [1.807, 2.05) is 0 Å². The number of carboxylic acid groups (broad SMARTS) is 1. The van der Waals surface area contributed by atoms with E-state index in [1.165, 1.54) is 32.1 Å². The molecule has 0 unspecified atom stereocenters. The molecule has 1 aromatic heterocycles. The van der Waals surface area contributed by atoms with E-state index in [0.717, 1.165) is 18.9 Å². The molecule has 104 valence electrons. The fraction of sp³-hybridized carbons (Fsp3) is 0.571. The molecule has 2 rings (SSSR count). The van der Waals surface area contributed by atoms with Crippen LogP contribution >= 0.6 is 11.6 Å². The van der Waals surface area contributed by atoms with E-state index in [2.05, 4.69) is 10.3 Å². The average molecular weight is 283 g/mol. The quantitative estimate of drug-likeness (QED) is 0.779. The number of aromatic carboxylic acids is 1. The fourth-order valence-corrected chi connectivity index (χ4v) is 2.78. The number of pyridine rings is 1. The van der Waals surface area contributed by atoms with Crippen molar-refractivity contribution in [1.82, 2.24) is 4.98 Å². The van der Waals surface area contributed by atoms with Gasteiger partial charge in [-0.3, -0.25) is 0 Å². The van der Waals surface area contributed by atoms with Crippen molar-refractivity contribution in [2.45, 2.75) is 38.5 Å². The number of nitrogens with one attached hydrogen (secondary N) is 1. The lowest BCUT2D eigenvalue weighted by molar-refractivity contribution is 0.0691. The van der Waals surface area contributed by atoms with E-state index < -0.39 is 5.97 Å². The number of hydrogen-bond acceptors (Lipinski definition) is 3. The lowest BCUT2D eigenvalue weighted by atomic mass is 10.0. The Balaban J connectivity index is 1.79. The lowest BCUT2D eigenvalue weighted by Crippen LogP contribution is -2.08. The molecule has 0 spiro atoms. The predicted octanol–water partition coefficient (Wildman–Crippen LogP) is 3.82. The van der Waals surface area contributed by atoms with Crippen LogP contribution in [0.4, 0.5) is 5.82 Å². The first-order valence-corrected chi connectivity index (χ1v) is 7.18. The predicted molar refractivity (Wildman–Crippen MR) is 75.9 cm³/mol. The maximum absolute atomic E-state index is 10.9. The molecule has 1 saturated carbocycles. The molecular weight excluding hydrogens is 264 g/mol. The second-order valence-corrected chi connectivity index (χ2v) is 5.46. The molecule has 1 aromatic rings. The van der Waals surface area contributed by atoms with Crippen LogP contribution in [-0.2, 0) is 0 Å².